The Labute approximate surface area is 225 Å². The summed E-state index contributed by atoms with van der Waals surface area (Å²) in [5, 5.41) is 20.4. The number of carbonyl (C=O) groups excluding carboxylic acids is 2. The zero-order valence-corrected chi connectivity index (χ0v) is 21.4. The van der Waals surface area contributed by atoms with E-state index in [-0.39, 0.29) is 34.7 Å². The number of hydrogen-bond acceptors (Lipinski definition) is 6. The maximum atomic E-state index is 14.5. The Morgan fingerprint density at radius 2 is 1.85 bits per heavy atom. The minimum absolute atomic E-state index is 0.0470. The molecule has 2 aromatic carbocycles. The molecule has 0 aliphatic heterocycles. The fourth-order valence-electron chi connectivity index (χ4n) is 4.21. The van der Waals surface area contributed by atoms with Crippen molar-refractivity contribution >= 4 is 22.7 Å². The quantitative estimate of drug-likeness (QED) is 0.231. The second-order valence-corrected chi connectivity index (χ2v) is 9.09. The van der Waals surface area contributed by atoms with Gasteiger partial charge in [-0.3, -0.25) is 14.7 Å². The van der Waals surface area contributed by atoms with E-state index in [0.717, 1.165) is 18.2 Å². The number of hydrogen-bond donors (Lipinski definition) is 4. The van der Waals surface area contributed by atoms with Crippen molar-refractivity contribution in [3.05, 3.63) is 76.9 Å². The molecule has 4 rings (SSSR count). The topological polar surface area (TPSA) is 143 Å². The molecule has 13 heteroatoms. The van der Waals surface area contributed by atoms with Gasteiger partial charge in [-0.15, -0.1) is 0 Å². The molecule has 0 radical (unpaired) electrons. The number of H-pyrrole nitrogens is 1. The number of nitrogens with zero attached hydrogens (tertiary/aromatic N) is 2. The summed E-state index contributed by atoms with van der Waals surface area (Å²) in [6.07, 6.45) is -4.41. The van der Waals surface area contributed by atoms with Crippen LogP contribution in [-0.4, -0.2) is 51.4 Å². The Morgan fingerprint density at radius 1 is 1.15 bits per heavy atom. The maximum Gasteiger partial charge on any atom is 0.424 e. The highest BCUT2D eigenvalue weighted by molar-refractivity contribution is 5.99. The molecule has 0 saturated carbocycles. The number of alkyl halides is 3. The SMILES string of the molecule is CCOc1c(CC(N)=O)cc([C@@](O)(CNC(=O)c2cc3cn[nH]c3cc2C)C(F)(F)F)nc1-c1ccc(F)cc1. The van der Waals surface area contributed by atoms with Crippen LogP contribution in [0.2, 0.25) is 0 Å². The van der Waals surface area contributed by atoms with Crippen molar-refractivity contribution in [3.8, 4) is 17.0 Å². The number of aromatic nitrogens is 3. The van der Waals surface area contributed by atoms with Gasteiger partial charge in [0.25, 0.3) is 5.91 Å². The molecular weight excluding hydrogens is 534 g/mol. The van der Waals surface area contributed by atoms with Gasteiger partial charge in [0, 0.05) is 22.1 Å². The van der Waals surface area contributed by atoms with Gasteiger partial charge < -0.3 is 20.9 Å². The molecule has 2 heterocycles. The second kappa shape index (κ2) is 10.9. The number of amides is 2. The van der Waals surface area contributed by atoms with E-state index in [4.69, 9.17) is 10.5 Å². The number of aryl methyl sites for hydroxylation is 1. The molecule has 0 spiro atoms. The lowest BCUT2D eigenvalue weighted by Gasteiger charge is -2.31. The number of carbonyl (C=O) groups is 2. The number of benzene rings is 2. The van der Waals surface area contributed by atoms with E-state index in [0.29, 0.717) is 16.5 Å². The molecule has 0 saturated heterocycles. The number of aromatic amines is 1. The molecule has 40 heavy (non-hydrogen) atoms. The van der Waals surface area contributed by atoms with Crippen LogP contribution in [0.15, 0.2) is 48.7 Å². The van der Waals surface area contributed by atoms with Crippen LogP contribution in [0.1, 0.15) is 34.1 Å². The molecule has 0 aliphatic carbocycles. The third kappa shape index (κ3) is 5.59. The average molecular weight is 560 g/mol. The van der Waals surface area contributed by atoms with Gasteiger partial charge in [0.05, 0.1) is 37.0 Å². The molecule has 0 unspecified atom stereocenters. The van der Waals surface area contributed by atoms with Crippen molar-refractivity contribution in [2.45, 2.75) is 32.0 Å². The van der Waals surface area contributed by atoms with Gasteiger partial charge in [0.2, 0.25) is 11.5 Å². The Balaban J connectivity index is 1.81. The lowest BCUT2D eigenvalue weighted by molar-refractivity contribution is -0.265. The summed E-state index contributed by atoms with van der Waals surface area (Å²) in [5.41, 5.74) is 1.82. The fraction of sp³-hybridized carbons (Fsp3) is 0.259. The van der Waals surface area contributed by atoms with E-state index in [1.807, 2.05) is 0 Å². The molecule has 5 N–H and O–H groups in total. The van der Waals surface area contributed by atoms with Gasteiger partial charge in [-0.05, 0) is 61.9 Å². The fourth-order valence-corrected chi connectivity index (χ4v) is 4.21. The summed E-state index contributed by atoms with van der Waals surface area (Å²) < 4.78 is 62.7. The molecule has 2 aromatic heterocycles. The number of aliphatic hydroxyl groups is 1. The monoisotopic (exact) mass is 559 g/mol. The van der Waals surface area contributed by atoms with Gasteiger partial charge in [0.1, 0.15) is 17.3 Å². The smallest absolute Gasteiger partial charge is 0.424 e. The van der Waals surface area contributed by atoms with Gasteiger partial charge in [-0.25, -0.2) is 9.37 Å². The van der Waals surface area contributed by atoms with Crippen LogP contribution in [0.4, 0.5) is 17.6 Å². The summed E-state index contributed by atoms with van der Waals surface area (Å²) in [5.74, 6) is -2.40. The Kier molecular flexibility index (Phi) is 7.78. The van der Waals surface area contributed by atoms with Crippen molar-refractivity contribution in [1.82, 2.24) is 20.5 Å². The zero-order chi connectivity index (χ0) is 29.2. The third-order valence-corrected chi connectivity index (χ3v) is 6.25. The molecule has 2 amide bonds. The predicted molar refractivity (Wildman–Crippen MR) is 137 cm³/mol. The van der Waals surface area contributed by atoms with E-state index in [1.54, 1.807) is 19.9 Å². The van der Waals surface area contributed by atoms with Crippen LogP contribution >= 0.6 is 0 Å². The minimum atomic E-state index is -5.33. The van der Waals surface area contributed by atoms with Gasteiger partial charge >= 0.3 is 6.18 Å². The highest BCUT2D eigenvalue weighted by Gasteiger charge is 2.56. The summed E-state index contributed by atoms with van der Waals surface area (Å²) in [6.45, 7) is 1.96. The van der Waals surface area contributed by atoms with Crippen LogP contribution < -0.4 is 15.8 Å². The summed E-state index contributed by atoms with van der Waals surface area (Å²) >= 11 is 0. The van der Waals surface area contributed by atoms with E-state index in [2.05, 4.69) is 20.5 Å². The molecular formula is C27H25F4N5O4. The lowest BCUT2D eigenvalue weighted by Crippen LogP contribution is -2.51. The standard InChI is InChI=1S/C27H25F4N5O4/c1-3-40-24-16(11-22(32)37)10-21(35-23(24)15-4-6-18(28)7-5-15)26(39,27(29,30)31)13-33-25(38)19-9-17-12-34-36-20(17)8-14(19)2/h4-10,12,39H,3,11,13H2,1-2H3,(H2,32,37)(H,33,38)(H,34,36)/t26-/m0/s1. The number of halogens is 4. The number of primary amides is 1. The zero-order valence-electron chi connectivity index (χ0n) is 21.4. The number of nitrogens with one attached hydrogen (secondary N) is 2. The Hall–Kier alpha value is -4.52. The van der Waals surface area contributed by atoms with E-state index in [1.165, 1.54) is 24.4 Å². The first-order valence-corrected chi connectivity index (χ1v) is 12.1. The molecule has 210 valence electrons. The first-order chi connectivity index (χ1) is 18.8. The van der Waals surface area contributed by atoms with Crippen LogP contribution in [0.5, 0.6) is 5.75 Å². The third-order valence-electron chi connectivity index (χ3n) is 6.25. The maximum absolute atomic E-state index is 14.5. The van der Waals surface area contributed by atoms with E-state index < -0.39 is 48.1 Å². The Morgan fingerprint density at radius 3 is 2.48 bits per heavy atom. The molecule has 1 atom stereocenters. The number of fused-ring (bicyclic) bond motifs is 1. The largest absolute Gasteiger partial charge is 0.491 e. The number of nitrogens with two attached hydrogens (primary N) is 1. The summed E-state index contributed by atoms with van der Waals surface area (Å²) in [6, 6.07) is 8.62. The van der Waals surface area contributed by atoms with Crippen LogP contribution in [-0.2, 0) is 16.8 Å². The summed E-state index contributed by atoms with van der Waals surface area (Å²) in [4.78, 5) is 28.8. The van der Waals surface area contributed by atoms with Crippen molar-refractivity contribution in [1.29, 1.82) is 0 Å². The van der Waals surface area contributed by atoms with Crippen molar-refractivity contribution in [2.75, 3.05) is 13.2 Å². The van der Waals surface area contributed by atoms with Crippen LogP contribution in [0.3, 0.4) is 0 Å². The molecule has 0 bridgehead atoms. The normalized spacial score (nSPS) is 13.2. The van der Waals surface area contributed by atoms with Crippen molar-refractivity contribution < 1.29 is 37.0 Å². The highest BCUT2D eigenvalue weighted by atomic mass is 19.4. The van der Waals surface area contributed by atoms with Crippen LogP contribution in [0, 0.1) is 12.7 Å². The molecule has 9 nitrogen and oxygen atoms in total. The molecule has 4 aromatic rings. The van der Waals surface area contributed by atoms with Gasteiger partial charge in [-0.2, -0.15) is 18.3 Å². The number of rotatable bonds is 9. The van der Waals surface area contributed by atoms with Gasteiger partial charge in [0.15, 0.2) is 0 Å². The average Bonchev–Trinajstić information content (AvgIpc) is 3.34. The predicted octanol–water partition coefficient (Wildman–Crippen LogP) is 3.68. The number of pyridine rings is 1. The first kappa shape index (κ1) is 28.5. The highest BCUT2D eigenvalue weighted by Crippen LogP contribution is 2.42. The van der Waals surface area contributed by atoms with E-state index >= 15 is 0 Å². The van der Waals surface area contributed by atoms with E-state index in [9.17, 15) is 32.3 Å². The molecule has 0 aliphatic rings. The number of ether oxygens (including phenoxy) is 1. The van der Waals surface area contributed by atoms with Crippen molar-refractivity contribution in [3.63, 3.8) is 0 Å². The first-order valence-electron chi connectivity index (χ1n) is 12.1. The van der Waals surface area contributed by atoms with Crippen LogP contribution in [0.25, 0.3) is 22.2 Å². The van der Waals surface area contributed by atoms with Crippen molar-refractivity contribution in [2.24, 2.45) is 5.73 Å². The lowest BCUT2D eigenvalue weighted by atomic mass is 9.93. The second-order valence-electron chi connectivity index (χ2n) is 9.09. The summed E-state index contributed by atoms with van der Waals surface area (Å²) in [7, 11) is 0. The minimum Gasteiger partial charge on any atom is -0.491 e. The van der Waals surface area contributed by atoms with Gasteiger partial charge in [-0.1, -0.05) is 0 Å². The Bertz CT molecular complexity index is 1570. The molecule has 0 fully saturated rings.